The lowest BCUT2D eigenvalue weighted by atomic mass is 9.85. The van der Waals surface area contributed by atoms with E-state index >= 15 is 0 Å². The van der Waals surface area contributed by atoms with Crippen LogP contribution in [0.2, 0.25) is 0 Å². The van der Waals surface area contributed by atoms with Crippen LogP contribution in [0.1, 0.15) is 37.5 Å². The van der Waals surface area contributed by atoms with Crippen molar-refractivity contribution in [3.8, 4) is 0 Å². The highest BCUT2D eigenvalue weighted by molar-refractivity contribution is 6.02. The van der Waals surface area contributed by atoms with Gasteiger partial charge in [0.2, 0.25) is 0 Å². The van der Waals surface area contributed by atoms with Crippen molar-refractivity contribution >= 4 is 11.9 Å². The third-order valence-corrected chi connectivity index (χ3v) is 3.50. The van der Waals surface area contributed by atoms with Crippen molar-refractivity contribution in [2.24, 2.45) is 10.7 Å². The van der Waals surface area contributed by atoms with Crippen LogP contribution in [0.25, 0.3) is 0 Å². The zero-order valence-corrected chi connectivity index (χ0v) is 14.3. The molecule has 0 radical (unpaired) electrons. The summed E-state index contributed by atoms with van der Waals surface area (Å²) < 4.78 is 33.4. The average molecular weight is 346 g/mol. The fraction of sp³-hybridized carbons (Fsp3) is 0.263. The topological polar surface area (TPSA) is 64.7 Å². The Morgan fingerprint density at radius 3 is 2.20 bits per heavy atom. The standard InChI is InChI=1S/C19H20F2N2O2/c1-19(2,3)16-14(20)9-13(10-15(16)21)17(22)23-18(24)25-11-12-7-5-4-6-8-12/h4-10H,11H2,1-3H3,(H2,22,23,24). The largest absolute Gasteiger partial charge is 0.443 e. The van der Waals surface area contributed by atoms with E-state index in [0.717, 1.165) is 17.7 Å². The third-order valence-electron chi connectivity index (χ3n) is 3.50. The number of hydrogen-bond donors (Lipinski definition) is 1. The van der Waals surface area contributed by atoms with Crippen molar-refractivity contribution < 1.29 is 18.3 Å². The number of nitrogens with two attached hydrogens (primary N) is 1. The molecule has 2 rings (SSSR count). The number of halogens is 2. The van der Waals surface area contributed by atoms with Crippen LogP contribution in [0.3, 0.4) is 0 Å². The number of hydrogen-bond acceptors (Lipinski definition) is 2. The van der Waals surface area contributed by atoms with Crippen LogP contribution in [0, 0.1) is 11.6 Å². The Kier molecular flexibility index (Phi) is 5.51. The van der Waals surface area contributed by atoms with Gasteiger partial charge in [0.1, 0.15) is 24.1 Å². The number of amides is 1. The van der Waals surface area contributed by atoms with Gasteiger partial charge in [-0.15, -0.1) is 0 Å². The van der Waals surface area contributed by atoms with Crippen molar-refractivity contribution in [1.82, 2.24) is 0 Å². The van der Waals surface area contributed by atoms with Gasteiger partial charge in [0.15, 0.2) is 0 Å². The Morgan fingerprint density at radius 1 is 1.12 bits per heavy atom. The van der Waals surface area contributed by atoms with Gasteiger partial charge in [0.25, 0.3) is 0 Å². The van der Waals surface area contributed by atoms with Crippen LogP contribution in [-0.4, -0.2) is 11.9 Å². The second-order valence-corrected chi connectivity index (χ2v) is 6.60. The Morgan fingerprint density at radius 2 is 1.68 bits per heavy atom. The zero-order chi connectivity index (χ0) is 18.6. The first kappa shape index (κ1) is 18.6. The van der Waals surface area contributed by atoms with Gasteiger partial charge in [-0.3, -0.25) is 0 Å². The van der Waals surface area contributed by atoms with Gasteiger partial charge in [0.05, 0.1) is 0 Å². The lowest BCUT2D eigenvalue weighted by Gasteiger charge is -2.21. The molecule has 0 unspecified atom stereocenters. The van der Waals surface area contributed by atoms with E-state index in [0.29, 0.717) is 0 Å². The number of nitrogens with zero attached hydrogens (tertiary/aromatic N) is 1. The summed E-state index contributed by atoms with van der Waals surface area (Å²) >= 11 is 0. The molecule has 2 N–H and O–H groups in total. The summed E-state index contributed by atoms with van der Waals surface area (Å²) in [6.45, 7) is 5.13. The van der Waals surface area contributed by atoms with Crippen LogP contribution in [0.5, 0.6) is 0 Å². The summed E-state index contributed by atoms with van der Waals surface area (Å²) in [6.07, 6.45) is -0.929. The molecule has 0 bridgehead atoms. The molecule has 6 heteroatoms. The third kappa shape index (κ3) is 4.86. The molecule has 1 amide bonds. The molecule has 0 saturated carbocycles. The molecule has 0 aliphatic rings. The van der Waals surface area contributed by atoms with E-state index in [1.54, 1.807) is 32.9 Å². The van der Waals surface area contributed by atoms with E-state index in [1.165, 1.54) is 0 Å². The minimum atomic E-state index is -0.929. The van der Waals surface area contributed by atoms with E-state index in [4.69, 9.17) is 10.5 Å². The monoisotopic (exact) mass is 346 g/mol. The first-order valence-corrected chi connectivity index (χ1v) is 7.73. The summed E-state index contributed by atoms with van der Waals surface area (Å²) in [6, 6.07) is 11.2. The molecule has 4 nitrogen and oxygen atoms in total. The molecule has 0 aliphatic carbocycles. The zero-order valence-electron chi connectivity index (χ0n) is 14.3. The quantitative estimate of drug-likeness (QED) is 0.665. The Bertz CT molecular complexity index is 774. The van der Waals surface area contributed by atoms with Gasteiger partial charge >= 0.3 is 6.09 Å². The van der Waals surface area contributed by atoms with Gasteiger partial charge < -0.3 is 10.5 Å². The number of amidine groups is 1. The number of carbonyl (C=O) groups excluding carboxylic acids is 1. The normalized spacial score (nSPS) is 12.1. The maximum Gasteiger partial charge on any atom is 0.435 e. The second kappa shape index (κ2) is 7.42. The Labute approximate surface area is 145 Å². The van der Waals surface area contributed by atoms with Crippen molar-refractivity contribution in [2.45, 2.75) is 32.8 Å². The van der Waals surface area contributed by atoms with Gasteiger partial charge in [-0.25, -0.2) is 13.6 Å². The van der Waals surface area contributed by atoms with E-state index in [1.807, 2.05) is 18.2 Å². The summed E-state index contributed by atoms with van der Waals surface area (Å²) in [5, 5.41) is 0. The Balaban J connectivity index is 2.15. The SMILES string of the molecule is CC(C)(C)c1c(F)cc(C(N)=NC(=O)OCc2ccccc2)cc1F. The lowest BCUT2D eigenvalue weighted by molar-refractivity contribution is 0.151. The number of benzene rings is 2. The van der Waals surface area contributed by atoms with E-state index < -0.39 is 23.1 Å². The fourth-order valence-electron chi connectivity index (χ4n) is 2.35. The minimum absolute atomic E-state index is 0.0142. The van der Waals surface area contributed by atoms with Gasteiger partial charge in [0, 0.05) is 11.1 Å². The van der Waals surface area contributed by atoms with Crippen LogP contribution >= 0.6 is 0 Å². The molecular weight excluding hydrogens is 326 g/mol. The van der Waals surface area contributed by atoms with Gasteiger partial charge in [-0.1, -0.05) is 51.1 Å². The maximum atomic E-state index is 14.2. The van der Waals surface area contributed by atoms with E-state index in [9.17, 15) is 13.6 Å². The number of ether oxygens (including phenoxy) is 1. The van der Waals surface area contributed by atoms with Crippen LogP contribution in [0.15, 0.2) is 47.5 Å². The highest BCUT2D eigenvalue weighted by Gasteiger charge is 2.24. The first-order chi connectivity index (χ1) is 11.7. The maximum absolute atomic E-state index is 14.2. The van der Waals surface area contributed by atoms with Crippen molar-refractivity contribution in [2.75, 3.05) is 0 Å². The predicted molar refractivity (Wildman–Crippen MR) is 92.4 cm³/mol. The highest BCUT2D eigenvalue weighted by atomic mass is 19.1. The van der Waals surface area contributed by atoms with Crippen molar-refractivity contribution in [3.05, 3.63) is 70.8 Å². The Hall–Kier alpha value is -2.76. The van der Waals surface area contributed by atoms with Gasteiger partial charge in [-0.05, 0) is 23.1 Å². The number of carbonyl (C=O) groups is 1. The molecular formula is C19H20F2N2O2. The molecule has 0 heterocycles. The van der Waals surface area contributed by atoms with E-state index in [-0.39, 0.29) is 23.6 Å². The molecule has 0 saturated heterocycles. The fourth-order valence-corrected chi connectivity index (χ4v) is 2.35. The molecule has 2 aromatic carbocycles. The summed E-state index contributed by atoms with van der Waals surface area (Å²) in [5.41, 5.74) is 5.70. The van der Waals surface area contributed by atoms with Crippen LogP contribution in [0.4, 0.5) is 13.6 Å². The minimum Gasteiger partial charge on any atom is -0.443 e. The molecule has 0 fully saturated rings. The molecule has 0 aliphatic heterocycles. The first-order valence-electron chi connectivity index (χ1n) is 7.73. The number of aliphatic imine (C=N–C) groups is 1. The second-order valence-electron chi connectivity index (χ2n) is 6.60. The average Bonchev–Trinajstić information content (AvgIpc) is 2.51. The molecule has 132 valence electrons. The molecule has 0 spiro atoms. The van der Waals surface area contributed by atoms with Crippen molar-refractivity contribution in [1.29, 1.82) is 0 Å². The molecule has 2 aromatic rings. The molecule has 25 heavy (non-hydrogen) atoms. The van der Waals surface area contributed by atoms with Gasteiger partial charge in [-0.2, -0.15) is 4.99 Å². The summed E-state index contributed by atoms with van der Waals surface area (Å²) in [4.78, 5) is 15.3. The van der Waals surface area contributed by atoms with Crippen LogP contribution < -0.4 is 5.73 Å². The lowest BCUT2D eigenvalue weighted by Crippen LogP contribution is -2.20. The molecule has 0 atom stereocenters. The summed E-state index contributed by atoms with van der Waals surface area (Å²) in [7, 11) is 0. The number of rotatable bonds is 3. The highest BCUT2D eigenvalue weighted by Crippen LogP contribution is 2.28. The predicted octanol–water partition coefficient (Wildman–Crippen LogP) is 4.30. The van der Waals surface area contributed by atoms with E-state index in [2.05, 4.69) is 4.99 Å². The molecule has 0 aromatic heterocycles. The van der Waals surface area contributed by atoms with Crippen molar-refractivity contribution in [3.63, 3.8) is 0 Å². The smallest absolute Gasteiger partial charge is 0.435 e. The summed E-state index contributed by atoms with van der Waals surface area (Å²) in [5.74, 6) is -1.78. The van der Waals surface area contributed by atoms with Crippen LogP contribution in [-0.2, 0) is 16.8 Å².